The Kier molecular flexibility index (Phi) is 3.12. The van der Waals surface area contributed by atoms with Gasteiger partial charge in [0.2, 0.25) is 0 Å². The summed E-state index contributed by atoms with van der Waals surface area (Å²) in [4.78, 5) is 3.41. The molecule has 0 spiro atoms. The van der Waals surface area contributed by atoms with Crippen LogP contribution >= 0.6 is 15.9 Å². The molecular formula is C12H15BrN2. The van der Waals surface area contributed by atoms with Crippen LogP contribution in [0.3, 0.4) is 0 Å². The van der Waals surface area contributed by atoms with E-state index in [9.17, 15) is 0 Å². The van der Waals surface area contributed by atoms with E-state index in [0.29, 0.717) is 0 Å². The number of hydrogen-bond acceptors (Lipinski definition) is 1. The molecule has 1 aromatic heterocycles. The van der Waals surface area contributed by atoms with Crippen LogP contribution in [0.1, 0.15) is 17.7 Å². The molecule has 0 aliphatic heterocycles. The zero-order valence-corrected chi connectivity index (χ0v) is 10.4. The van der Waals surface area contributed by atoms with E-state index in [1.54, 1.807) is 0 Å². The maximum atomic E-state index is 5.55. The second kappa shape index (κ2) is 4.37. The second-order valence-corrected chi connectivity index (χ2v) is 4.73. The first-order valence-corrected chi connectivity index (χ1v) is 5.98. The monoisotopic (exact) mass is 266 g/mol. The normalized spacial score (nSPS) is 11.1. The van der Waals surface area contributed by atoms with Crippen molar-refractivity contribution in [2.24, 2.45) is 5.73 Å². The average Bonchev–Trinajstić information content (AvgIpc) is 2.50. The molecule has 0 fully saturated rings. The van der Waals surface area contributed by atoms with Crippen LogP contribution < -0.4 is 5.73 Å². The van der Waals surface area contributed by atoms with Gasteiger partial charge in [-0.1, -0.05) is 22.0 Å². The van der Waals surface area contributed by atoms with Gasteiger partial charge in [0.05, 0.1) is 0 Å². The number of benzene rings is 1. The van der Waals surface area contributed by atoms with Crippen molar-refractivity contribution in [3.63, 3.8) is 0 Å². The van der Waals surface area contributed by atoms with E-state index in [2.05, 4.69) is 46.0 Å². The summed E-state index contributed by atoms with van der Waals surface area (Å²) in [6, 6.07) is 6.37. The Hall–Kier alpha value is -0.800. The molecule has 2 rings (SSSR count). The summed E-state index contributed by atoms with van der Waals surface area (Å²) in [5, 5.41) is 1.32. The number of aromatic amines is 1. The lowest BCUT2D eigenvalue weighted by atomic mass is 10.1. The Bertz CT molecular complexity index is 474. The number of halogens is 1. The molecule has 80 valence electrons. The van der Waals surface area contributed by atoms with Gasteiger partial charge in [-0.15, -0.1) is 0 Å². The van der Waals surface area contributed by atoms with Gasteiger partial charge in [-0.2, -0.15) is 0 Å². The molecule has 0 saturated carbocycles. The molecule has 3 N–H and O–H groups in total. The van der Waals surface area contributed by atoms with Crippen LogP contribution in [0.25, 0.3) is 10.9 Å². The lowest BCUT2D eigenvalue weighted by molar-refractivity contribution is 0.831. The van der Waals surface area contributed by atoms with Gasteiger partial charge in [0.1, 0.15) is 0 Å². The quantitative estimate of drug-likeness (QED) is 0.881. The highest BCUT2D eigenvalue weighted by Gasteiger charge is 2.07. The highest BCUT2D eigenvalue weighted by molar-refractivity contribution is 9.10. The zero-order chi connectivity index (χ0) is 10.8. The molecule has 0 atom stereocenters. The molecule has 3 heteroatoms. The van der Waals surface area contributed by atoms with E-state index in [4.69, 9.17) is 5.73 Å². The summed E-state index contributed by atoms with van der Waals surface area (Å²) >= 11 is 3.48. The molecule has 0 saturated heterocycles. The number of hydrogen-bond donors (Lipinski definition) is 2. The Labute approximate surface area is 98.0 Å². The van der Waals surface area contributed by atoms with E-state index in [1.807, 2.05) is 0 Å². The maximum Gasteiger partial charge on any atom is 0.0470 e. The Morgan fingerprint density at radius 1 is 1.40 bits per heavy atom. The second-order valence-electron chi connectivity index (χ2n) is 3.81. The Morgan fingerprint density at radius 3 is 2.93 bits per heavy atom. The van der Waals surface area contributed by atoms with Crippen LogP contribution in [-0.4, -0.2) is 11.5 Å². The van der Waals surface area contributed by atoms with E-state index in [0.717, 1.165) is 23.9 Å². The highest BCUT2D eigenvalue weighted by Crippen LogP contribution is 2.25. The summed E-state index contributed by atoms with van der Waals surface area (Å²) in [5.74, 6) is 0. The van der Waals surface area contributed by atoms with Crippen molar-refractivity contribution >= 4 is 26.8 Å². The number of rotatable bonds is 3. The summed E-state index contributed by atoms with van der Waals surface area (Å²) in [5.41, 5.74) is 9.41. The third kappa shape index (κ3) is 2.08. The largest absolute Gasteiger partial charge is 0.358 e. The summed E-state index contributed by atoms with van der Waals surface area (Å²) < 4.78 is 1.11. The van der Waals surface area contributed by atoms with Crippen molar-refractivity contribution in [2.75, 3.05) is 6.54 Å². The Morgan fingerprint density at radius 2 is 2.20 bits per heavy atom. The van der Waals surface area contributed by atoms with Crippen LogP contribution in [0, 0.1) is 6.92 Å². The summed E-state index contributed by atoms with van der Waals surface area (Å²) in [6.07, 6.45) is 2.10. The standard InChI is InChI=1S/C12H15BrN2/c1-8-10(3-2-6-14)11-5-4-9(13)7-12(11)15-8/h4-5,7,15H,2-3,6,14H2,1H3. The van der Waals surface area contributed by atoms with Crippen LogP contribution in [0.15, 0.2) is 22.7 Å². The third-order valence-corrected chi connectivity index (χ3v) is 3.21. The van der Waals surface area contributed by atoms with Crippen LogP contribution in [0.5, 0.6) is 0 Å². The lowest BCUT2D eigenvalue weighted by Crippen LogP contribution is -2.00. The van der Waals surface area contributed by atoms with Gasteiger partial charge in [-0.05, 0) is 44.0 Å². The van der Waals surface area contributed by atoms with Crippen LogP contribution in [-0.2, 0) is 6.42 Å². The fourth-order valence-electron chi connectivity index (χ4n) is 1.96. The molecule has 0 aliphatic carbocycles. The molecule has 0 amide bonds. The van der Waals surface area contributed by atoms with Gasteiger partial charge in [-0.25, -0.2) is 0 Å². The first-order valence-electron chi connectivity index (χ1n) is 5.19. The minimum atomic E-state index is 0.753. The fraction of sp³-hybridized carbons (Fsp3) is 0.333. The Balaban J connectivity index is 2.48. The van der Waals surface area contributed by atoms with Crippen molar-refractivity contribution in [3.05, 3.63) is 33.9 Å². The van der Waals surface area contributed by atoms with Crippen molar-refractivity contribution in [3.8, 4) is 0 Å². The molecule has 0 unspecified atom stereocenters. The SMILES string of the molecule is Cc1[nH]c2cc(Br)ccc2c1CCCN. The molecule has 0 radical (unpaired) electrons. The van der Waals surface area contributed by atoms with Gasteiger partial charge < -0.3 is 10.7 Å². The first-order chi connectivity index (χ1) is 7.22. The van der Waals surface area contributed by atoms with Gasteiger partial charge in [0.25, 0.3) is 0 Å². The van der Waals surface area contributed by atoms with Gasteiger partial charge in [0.15, 0.2) is 0 Å². The number of aromatic nitrogens is 1. The van der Waals surface area contributed by atoms with Crippen LogP contribution in [0.4, 0.5) is 0 Å². The van der Waals surface area contributed by atoms with Crippen LogP contribution in [0.2, 0.25) is 0 Å². The summed E-state index contributed by atoms with van der Waals surface area (Å²) in [6.45, 7) is 2.88. The molecular weight excluding hydrogens is 252 g/mol. The first kappa shape index (κ1) is 10.7. The topological polar surface area (TPSA) is 41.8 Å². The van der Waals surface area contributed by atoms with Crippen molar-refractivity contribution in [1.82, 2.24) is 4.98 Å². The maximum absolute atomic E-state index is 5.55. The minimum Gasteiger partial charge on any atom is -0.358 e. The third-order valence-electron chi connectivity index (χ3n) is 2.71. The fourth-order valence-corrected chi connectivity index (χ4v) is 2.32. The zero-order valence-electron chi connectivity index (χ0n) is 8.81. The molecule has 2 aromatic rings. The molecule has 1 heterocycles. The highest BCUT2D eigenvalue weighted by atomic mass is 79.9. The molecule has 2 nitrogen and oxygen atoms in total. The van der Waals surface area contributed by atoms with E-state index in [1.165, 1.54) is 22.2 Å². The predicted molar refractivity (Wildman–Crippen MR) is 68.1 cm³/mol. The van der Waals surface area contributed by atoms with E-state index in [-0.39, 0.29) is 0 Å². The average molecular weight is 267 g/mol. The summed E-state index contributed by atoms with van der Waals surface area (Å²) in [7, 11) is 0. The molecule has 15 heavy (non-hydrogen) atoms. The smallest absolute Gasteiger partial charge is 0.0470 e. The minimum absolute atomic E-state index is 0.753. The lowest BCUT2D eigenvalue weighted by Gasteiger charge is -1.99. The molecule has 0 bridgehead atoms. The number of nitrogens with one attached hydrogen (secondary N) is 1. The number of aryl methyl sites for hydroxylation is 2. The van der Waals surface area contributed by atoms with Gasteiger partial charge in [-0.3, -0.25) is 0 Å². The predicted octanol–water partition coefficient (Wildman–Crippen LogP) is 3.13. The number of H-pyrrole nitrogens is 1. The van der Waals surface area contributed by atoms with Gasteiger partial charge >= 0.3 is 0 Å². The molecule has 1 aromatic carbocycles. The van der Waals surface area contributed by atoms with Crippen molar-refractivity contribution < 1.29 is 0 Å². The van der Waals surface area contributed by atoms with Crippen molar-refractivity contribution in [2.45, 2.75) is 19.8 Å². The van der Waals surface area contributed by atoms with Gasteiger partial charge in [0, 0.05) is 21.1 Å². The molecule has 0 aliphatic rings. The van der Waals surface area contributed by atoms with E-state index >= 15 is 0 Å². The number of fused-ring (bicyclic) bond motifs is 1. The van der Waals surface area contributed by atoms with E-state index < -0.39 is 0 Å². The number of nitrogens with two attached hydrogens (primary N) is 1. The van der Waals surface area contributed by atoms with Crippen molar-refractivity contribution in [1.29, 1.82) is 0 Å².